The lowest BCUT2D eigenvalue weighted by molar-refractivity contribution is -0.139. The number of nitrogens with zero attached hydrogens (tertiary/aromatic N) is 1. The van der Waals surface area contributed by atoms with Gasteiger partial charge in [-0.2, -0.15) is 0 Å². The lowest BCUT2D eigenvalue weighted by atomic mass is 9.97. The van der Waals surface area contributed by atoms with E-state index < -0.39 is 11.9 Å². The summed E-state index contributed by atoms with van der Waals surface area (Å²) in [5.41, 5.74) is 0.844. The first-order valence-electron chi connectivity index (χ1n) is 6.35. The largest absolute Gasteiger partial charge is 0.481 e. The predicted octanol–water partition coefficient (Wildman–Crippen LogP) is 1.31. The summed E-state index contributed by atoms with van der Waals surface area (Å²) in [6, 6.07) is 9.34. The summed E-state index contributed by atoms with van der Waals surface area (Å²) >= 11 is 0. The van der Waals surface area contributed by atoms with Crippen molar-refractivity contribution in [2.45, 2.75) is 24.9 Å². The van der Waals surface area contributed by atoms with Gasteiger partial charge in [0, 0.05) is 19.6 Å². The van der Waals surface area contributed by atoms with E-state index in [0.717, 1.165) is 31.5 Å². The SMILES string of the molecule is O=C(O)C(CN1CCC(O)CC1)c1ccccc1. The first kappa shape index (κ1) is 13.1. The Balaban J connectivity index is 2.01. The van der Waals surface area contributed by atoms with Crippen LogP contribution in [0.25, 0.3) is 0 Å². The minimum atomic E-state index is -0.785. The molecule has 18 heavy (non-hydrogen) atoms. The van der Waals surface area contributed by atoms with Gasteiger partial charge in [0.1, 0.15) is 0 Å². The van der Waals surface area contributed by atoms with Crippen molar-refractivity contribution in [3.05, 3.63) is 35.9 Å². The van der Waals surface area contributed by atoms with Crippen LogP contribution in [0.3, 0.4) is 0 Å². The van der Waals surface area contributed by atoms with Gasteiger partial charge in [-0.1, -0.05) is 30.3 Å². The van der Waals surface area contributed by atoms with Crippen LogP contribution in [-0.4, -0.2) is 46.8 Å². The van der Waals surface area contributed by atoms with Crippen LogP contribution in [0.4, 0.5) is 0 Å². The van der Waals surface area contributed by atoms with Gasteiger partial charge in [0.15, 0.2) is 0 Å². The summed E-state index contributed by atoms with van der Waals surface area (Å²) < 4.78 is 0. The van der Waals surface area contributed by atoms with Gasteiger partial charge in [-0.3, -0.25) is 4.79 Å². The van der Waals surface area contributed by atoms with Crippen LogP contribution >= 0.6 is 0 Å². The molecule has 0 spiro atoms. The second-order valence-corrected chi connectivity index (χ2v) is 4.83. The third-order valence-electron chi connectivity index (χ3n) is 3.50. The Morgan fingerprint density at radius 3 is 2.44 bits per heavy atom. The molecule has 1 unspecified atom stereocenters. The number of hydrogen-bond acceptors (Lipinski definition) is 3. The van der Waals surface area contributed by atoms with Crippen LogP contribution in [0.1, 0.15) is 24.3 Å². The number of aliphatic hydroxyl groups excluding tert-OH is 1. The molecule has 1 atom stereocenters. The molecule has 1 aliphatic rings. The maximum Gasteiger partial charge on any atom is 0.312 e. The second kappa shape index (κ2) is 5.98. The monoisotopic (exact) mass is 249 g/mol. The number of carbonyl (C=O) groups is 1. The molecule has 4 heteroatoms. The van der Waals surface area contributed by atoms with Crippen LogP contribution in [-0.2, 0) is 4.79 Å². The first-order valence-corrected chi connectivity index (χ1v) is 6.35. The Morgan fingerprint density at radius 2 is 1.89 bits per heavy atom. The molecule has 2 rings (SSSR count). The highest BCUT2D eigenvalue weighted by molar-refractivity contribution is 5.76. The highest BCUT2D eigenvalue weighted by Crippen LogP contribution is 2.20. The Morgan fingerprint density at radius 1 is 1.28 bits per heavy atom. The molecule has 1 saturated heterocycles. The molecular weight excluding hydrogens is 230 g/mol. The van der Waals surface area contributed by atoms with Gasteiger partial charge in [0.2, 0.25) is 0 Å². The van der Waals surface area contributed by atoms with Crippen molar-refractivity contribution >= 4 is 5.97 Å². The van der Waals surface area contributed by atoms with Crippen LogP contribution in [0.15, 0.2) is 30.3 Å². The molecule has 0 saturated carbocycles. The highest BCUT2D eigenvalue weighted by atomic mass is 16.4. The van der Waals surface area contributed by atoms with E-state index in [4.69, 9.17) is 0 Å². The molecule has 0 amide bonds. The van der Waals surface area contributed by atoms with Crippen molar-refractivity contribution in [3.8, 4) is 0 Å². The highest BCUT2D eigenvalue weighted by Gasteiger charge is 2.25. The Labute approximate surface area is 107 Å². The van der Waals surface area contributed by atoms with E-state index in [1.807, 2.05) is 30.3 Å². The molecule has 1 heterocycles. The number of aliphatic carboxylic acids is 1. The number of hydrogen-bond donors (Lipinski definition) is 2. The fourth-order valence-electron chi connectivity index (χ4n) is 2.37. The third kappa shape index (κ3) is 3.31. The molecule has 1 fully saturated rings. The smallest absolute Gasteiger partial charge is 0.312 e. The Kier molecular flexibility index (Phi) is 4.33. The average molecular weight is 249 g/mol. The summed E-state index contributed by atoms with van der Waals surface area (Å²) in [4.78, 5) is 13.5. The molecule has 1 aromatic carbocycles. The zero-order chi connectivity index (χ0) is 13.0. The second-order valence-electron chi connectivity index (χ2n) is 4.83. The predicted molar refractivity (Wildman–Crippen MR) is 68.5 cm³/mol. The van der Waals surface area contributed by atoms with E-state index in [9.17, 15) is 15.0 Å². The number of likely N-dealkylation sites (tertiary alicyclic amines) is 1. The van der Waals surface area contributed by atoms with Gasteiger partial charge in [0.05, 0.1) is 12.0 Å². The molecule has 1 aliphatic heterocycles. The Hall–Kier alpha value is -1.39. The topological polar surface area (TPSA) is 60.8 Å². The van der Waals surface area contributed by atoms with E-state index in [-0.39, 0.29) is 6.10 Å². The minimum absolute atomic E-state index is 0.221. The van der Waals surface area contributed by atoms with Crippen molar-refractivity contribution in [3.63, 3.8) is 0 Å². The van der Waals surface area contributed by atoms with Gasteiger partial charge >= 0.3 is 5.97 Å². The van der Waals surface area contributed by atoms with Crippen LogP contribution < -0.4 is 0 Å². The average Bonchev–Trinajstić information content (AvgIpc) is 2.38. The number of aliphatic hydroxyl groups is 1. The fourth-order valence-corrected chi connectivity index (χ4v) is 2.37. The molecule has 0 aromatic heterocycles. The standard InChI is InChI=1S/C14H19NO3/c16-12-6-8-15(9-7-12)10-13(14(17)18)11-4-2-1-3-5-11/h1-5,12-13,16H,6-10H2,(H,17,18). The van der Waals surface area contributed by atoms with Gasteiger partial charge in [0.25, 0.3) is 0 Å². The van der Waals surface area contributed by atoms with E-state index in [1.165, 1.54) is 0 Å². The van der Waals surface area contributed by atoms with E-state index in [2.05, 4.69) is 4.90 Å². The van der Waals surface area contributed by atoms with E-state index in [1.54, 1.807) is 0 Å². The van der Waals surface area contributed by atoms with Gasteiger partial charge in [-0.15, -0.1) is 0 Å². The molecule has 0 bridgehead atoms. The fraction of sp³-hybridized carbons (Fsp3) is 0.500. The number of carboxylic acids is 1. The number of benzene rings is 1. The maximum atomic E-state index is 11.4. The van der Waals surface area contributed by atoms with Crippen molar-refractivity contribution in [1.29, 1.82) is 0 Å². The van der Waals surface area contributed by atoms with Crippen molar-refractivity contribution in [2.24, 2.45) is 0 Å². The normalized spacial score (nSPS) is 19.6. The summed E-state index contributed by atoms with van der Waals surface area (Å²) in [6.45, 7) is 2.07. The zero-order valence-corrected chi connectivity index (χ0v) is 10.3. The van der Waals surface area contributed by atoms with Crippen molar-refractivity contribution < 1.29 is 15.0 Å². The van der Waals surface area contributed by atoms with E-state index in [0.29, 0.717) is 6.54 Å². The van der Waals surface area contributed by atoms with Crippen LogP contribution in [0, 0.1) is 0 Å². The summed E-state index contributed by atoms with van der Waals surface area (Å²) in [7, 11) is 0. The lowest BCUT2D eigenvalue weighted by Gasteiger charge is -2.31. The van der Waals surface area contributed by atoms with Gasteiger partial charge in [-0.25, -0.2) is 0 Å². The molecule has 4 nitrogen and oxygen atoms in total. The first-order chi connectivity index (χ1) is 8.66. The van der Waals surface area contributed by atoms with Crippen molar-refractivity contribution in [1.82, 2.24) is 4.90 Å². The van der Waals surface area contributed by atoms with Crippen LogP contribution in [0.2, 0.25) is 0 Å². The number of piperidine rings is 1. The minimum Gasteiger partial charge on any atom is -0.481 e. The third-order valence-corrected chi connectivity index (χ3v) is 3.50. The number of carboxylic acid groups (broad SMARTS) is 1. The lowest BCUT2D eigenvalue weighted by Crippen LogP contribution is -2.39. The van der Waals surface area contributed by atoms with Crippen LogP contribution in [0.5, 0.6) is 0 Å². The van der Waals surface area contributed by atoms with Gasteiger partial charge < -0.3 is 15.1 Å². The number of rotatable bonds is 4. The molecular formula is C14H19NO3. The zero-order valence-electron chi connectivity index (χ0n) is 10.3. The summed E-state index contributed by atoms with van der Waals surface area (Å²) in [5.74, 6) is -1.27. The molecule has 1 aromatic rings. The quantitative estimate of drug-likeness (QED) is 0.844. The van der Waals surface area contributed by atoms with Gasteiger partial charge in [-0.05, 0) is 18.4 Å². The molecule has 98 valence electrons. The summed E-state index contributed by atoms with van der Waals surface area (Å²) in [5, 5.41) is 18.8. The maximum absolute atomic E-state index is 11.4. The molecule has 2 N–H and O–H groups in total. The molecule has 0 aliphatic carbocycles. The molecule has 0 radical (unpaired) electrons. The Bertz CT molecular complexity index is 385. The van der Waals surface area contributed by atoms with E-state index >= 15 is 0 Å². The summed E-state index contributed by atoms with van der Waals surface area (Å²) in [6.07, 6.45) is 1.25. The van der Waals surface area contributed by atoms with Crippen molar-refractivity contribution in [2.75, 3.05) is 19.6 Å².